The molecule has 0 aliphatic rings. The van der Waals surface area contributed by atoms with E-state index in [4.69, 9.17) is 0 Å². The van der Waals surface area contributed by atoms with Gasteiger partial charge in [-0.3, -0.25) is 4.79 Å². The van der Waals surface area contributed by atoms with Crippen LogP contribution in [0.3, 0.4) is 0 Å². The number of rotatable bonds is 3. The third-order valence-corrected chi connectivity index (χ3v) is 3.08. The highest BCUT2D eigenvalue weighted by atomic mass is 79.9. The van der Waals surface area contributed by atoms with Crippen molar-refractivity contribution in [2.75, 3.05) is 7.05 Å². The summed E-state index contributed by atoms with van der Waals surface area (Å²) in [5.41, 5.74) is 0.406. The van der Waals surface area contributed by atoms with Gasteiger partial charge in [0.2, 0.25) is 11.8 Å². The summed E-state index contributed by atoms with van der Waals surface area (Å²) in [4.78, 5) is 11.9. The Balaban J connectivity index is 2.94. The molecule has 0 fully saturated rings. The maximum atomic E-state index is 12.5. The van der Waals surface area contributed by atoms with Crippen molar-refractivity contribution in [3.05, 3.63) is 34.3 Å². The van der Waals surface area contributed by atoms with Gasteiger partial charge in [-0.25, -0.2) is 0 Å². The zero-order valence-electron chi connectivity index (χ0n) is 10.6. The molecule has 118 valence electrons. The second-order valence-corrected chi connectivity index (χ2v) is 5.26. The Hall–Kier alpha value is -1.25. The molecule has 0 aliphatic carbocycles. The van der Waals surface area contributed by atoms with Crippen LogP contribution in [0.2, 0.25) is 0 Å². The molecular weight excluding hydrogens is 368 g/mol. The fourth-order valence-electron chi connectivity index (χ4n) is 1.67. The Labute approximate surface area is 124 Å². The predicted molar refractivity (Wildman–Crippen MR) is 66.2 cm³/mol. The first-order valence-corrected chi connectivity index (χ1v) is 6.35. The van der Waals surface area contributed by atoms with E-state index in [-0.39, 0.29) is 6.54 Å². The first kappa shape index (κ1) is 17.8. The SMILES string of the molecule is CN(Cc1cccc(Br)c1)C(=O)C(C(F)(F)F)C(F)(F)F. The van der Waals surface area contributed by atoms with Crippen molar-refractivity contribution in [2.45, 2.75) is 18.9 Å². The molecule has 1 amide bonds. The van der Waals surface area contributed by atoms with Gasteiger partial charge in [0.25, 0.3) is 0 Å². The van der Waals surface area contributed by atoms with Crippen LogP contribution >= 0.6 is 15.9 Å². The zero-order chi connectivity index (χ0) is 16.4. The van der Waals surface area contributed by atoms with E-state index in [1.54, 1.807) is 12.1 Å². The smallest absolute Gasteiger partial charge is 0.341 e. The summed E-state index contributed by atoms with van der Waals surface area (Å²) in [6.07, 6.45) is -11.4. The summed E-state index contributed by atoms with van der Waals surface area (Å²) < 4.78 is 75.3. The molecule has 9 heteroatoms. The average Bonchev–Trinajstić information content (AvgIpc) is 2.24. The number of nitrogens with zero attached hydrogens (tertiary/aromatic N) is 1. The minimum atomic E-state index is -5.68. The van der Waals surface area contributed by atoms with Gasteiger partial charge in [0, 0.05) is 18.1 Å². The van der Waals surface area contributed by atoms with E-state index in [0.29, 0.717) is 14.9 Å². The fourth-order valence-corrected chi connectivity index (χ4v) is 2.12. The van der Waals surface area contributed by atoms with E-state index in [9.17, 15) is 31.1 Å². The van der Waals surface area contributed by atoms with Crippen LogP contribution in [0.1, 0.15) is 5.56 Å². The van der Waals surface area contributed by atoms with Gasteiger partial charge in [0.1, 0.15) is 0 Å². The monoisotopic (exact) mass is 377 g/mol. The molecular formula is C12H10BrF6NO. The van der Waals surface area contributed by atoms with E-state index in [2.05, 4.69) is 15.9 Å². The highest BCUT2D eigenvalue weighted by Gasteiger charge is 2.61. The lowest BCUT2D eigenvalue weighted by Crippen LogP contribution is -2.48. The topological polar surface area (TPSA) is 20.3 Å². The quantitative estimate of drug-likeness (QED) is 0.724. The molecule has 21 heavy (non-hydrogen) atoms. The number of hydrogen-bond donors (Lipinski definition) is 0. The first-order valence-electron chi connectivity index (χ1n) is 5.55. The van der Waals surface area contributed by atoms with Crippen LogP contribution in [0.5, 0.6) is 0 Å². The highest BCUT2D eigenvalue weighted by molar-refractivity contribution is 9.10. The standard InChI is InChI=1S/C12H10BrF6NO/c1-20(6-7-3-2-4-8(13)5-7)10(21)9(11(14,15)16)12(17,18)19/h2-5,9H,6H2,1H3. The second-order valence-electron chi connectivity index (χ2n) is 4.34. The second kappa shape index (κ2) is 6.25. The molecule has 0 aliphatic heterocycles. The van der Waals surface area contributed by atoms with Gasteiger partial charge in [-0.05, 0) is 17.7 Å². The number of carbonyl (C=O) groups is 1. The van der Waals surface area contributed by atoms with Crippen molar-refractivity contribution < 1.29 is 31.1 Å². The molecule has 0 saturated carbocycles. The van der Waals surface area contributed by atoms with Crippen LogP contribution in [-0.4, -0.2) is 30.2 Å². The van der Waals surface area contributed by atoms with E-state index in [1.165, 1.54) is 12.1 Å². The molecule has 0 heterocycles. The van der Waals surface area contributed by atoms with Crippen molar-refractivity contribution in [3.63, 3.8) is 0 Å². The predicted octanol–water partition coefficient (Wildman–Crippen LogP) is 4.15. The zero-order valence-corrected chi connectivity index (χ0v) is 12.2. The lowest BCUT2D eigenvalue weighted by Gasteiger charge is -2.27. The van der Waals surface area contributed by atoms with Gasteiger partial charge in [-0.2, -0.15) is 26.3 Å². The summed E-state index contributed by atoms with van der Waals surface area (Å²) in [7, 11) is 0.897. The van der Waals surface area contributed by atoms with Crippen LogP contribution in [0.25, 0.3) is 0 Å². The first-order chi connectivity index (χ1) is 9.43. The number of halogens is 7. The van der Waals surface area contributed by atoms with Gasteiger partial charge in [0.05, 0.1) is 0 Å². The lowest BCUT2D eigenvalue weighted by molar-refractivity contribution is -0.277. The van der Waals surface area contributed by atoms with Gasteiger partial charge in [-0.1, -0.05) is 28.1 Å². The third kappa shape index (κ3) is 4.90. The summed E-state index contributed by atoms with van der Waals surface area (Å²) in [5.74, 6) is -6.04. The number of amides is 1. The molecule has 0 unspecified atom stereocenters. The Morgan fingerprint density at radius 3 is 2.14 bits per heavy atom. The van der Waals surface area contributed by atoms with Crippen LogP contribution in [0.4, 0.5) is 26.3 Å². The highest BCUT2D eigenvalue weighted by Crippen LogP contribution is 2.40. The lowest BCUT2D eigenvalue weighted by atomic mass is 10.1. The van der Waals surface area contributed by atoms with Crippen molar-refractivity contribution in [2.24, 2.45) is 5.92 Å². The molecule has 0 spiro atoms. The molecule has 0 radical (unpaired) electrons. The van der Waals surface area contributed by atoms with Crippen LogP contribution < -0.4 is 0 Å². The van der Waals surface area contributed by atoms with Crippen LogP contribution in [-0.2, 0) is 11.3 Å². The Bertz CT molecular complexity index is 499. The van der Waals surface area contributed by atoms with E-state index >= 15 is 0 Å². The molecule has 0 bridgehead atoms. The number of alkyl halides is 6. The van der Waals surface area contributed by atoms with Crippen LogP contribution in [0.15, 0.2) is 28.7 Å². The van der Waals surface area contributed by atoms with Gasteiger partial charge < -0.3 is 4.90 Å². The molecule has 2 nitrogen and oxygen atoms in total. The van der Waals surface area contributed by atoms with Crippen LogP contribution in [0, 0.1) is 5.92 Å². The van der Waals surface area contributed by atoms with Crippen molar-refractivity contribution in [1.82, 2.24) is 4.90 Å². The minimum absolute atomic E-state index is 0.360. The Kier molecular flexibility index (Phi) is 5.30. The third-order valence-electron chi connectivity index (χ3n) is 2.59. The van der Waals surface area contributed by atoms with Crippen molar-refractivity contribution in [1.29, 1.82) is 0 Å². The largest absolute Gasteiger partial charge is 0.409 e. The average molecular weight is 378 g/mol. The number of benzene rings is 1. The maximum Gasteiger partial charge on any atom is 0.409 e. The number of hydrogen-bond acceptors (Lipinski definition) is 1. The van der Waals surface area contributed by atoms with Crippen molar-refractivity contribution >= 4 is 21.8 Å². The minimum Gasteiger partial charge on any atom is -0.341 e. The Morgan fingerprint density at radius 2 is 1.71 bits per heavy atom. The summed E-state index contributed by atoms with van der Waals surface area (Å²) in [5, 5.41) is 0. The molecule has 1 aromatic carbocycles. The Morgan fingerprint density at radius 1 is 1.19 bits per heavy atom. The van der Waals surface area contributed by atoms with Gasteiger partial charge in [-0.15, -0.1) is 0 Å². The normalized spacial score (nSPS) is 12.6. The molecule has 0 saturated heterocycles. The number of carbonyl (C=O) groups excluding carboxylic acids is 1. The molecule has 0 atom stereocenters. The summed E-state index contributed by atoms with van der Waals surface area (Å²) in [6.45, 7) is -0.360. The fraction of sp³-hybridized carbons (Fsp3) is 0.417. The molecule has 1 aromatic rings. The molecule has 0 N–H and O–H groups in total. The molecule has 0 aromatic heterocycles. The van der Waals surface area contributed by atoms with E-state index in [1.807, 2.05) is 0 Å². The summed E-state index contributed by atoms with van der Waals surface area (Å²) in [6, 6.07) is 6.19. The molecule has 1 rings (SSSR count). The van der Waals surface area contributed by atoms with Crippen molar-refractivity contribution in [3.8, 4) is 0 Å². The van der Waals surface area contributed by atoms with Gasteiger partial charge >= 0.3 is 12.4 Å². The summed E-state index contributed by atoms with van der Waals surface area (Å²) >= 11 is 3.12. The van der Waals surface area contributed by atoms with Gasteiger partial charge in [0.15, 0.2) is 0 Å². The maximum absolute atomic E-state index is 12.5. The van der Waals surface area contributed by atoms with E-state index < -0.39 is 24.2 Å². The van der Waals surface area contributed by atoms with E-state index in [0.717, 1.165) is 7.05 Å².